The molecule has 0 saturated heterocycles. The summed E-state index contributed by atoms with van der Waals surface area (Å²) in [5.74, 6) is 0.289. The van der Waals surface area contributed by atoms with Gasteiger partial charge in [0.15, 0.2) is 0 Å². The minimum absolute atomic E-state index is 0.289. The van der Waals surface area contributed by atoms with Crippen molar-refractivity contribution in [2.45, 2.75) is 19.4 Å². The minimum atomic E-state index is -0.434. The largest absolute Gasteiger partial charge is 0.392 e. The van der Waals surface area contributed by atoms with Crippen molar-refractivity contribution in [3.05, 3.63) is 16.6 Å². The number of hydrogen-bond donors (Lipinski definition) is 1. The Bertz CT molecular complexity index is 226. The lowest BCUT2D eigenvalue weighted by atomic mass is 10.2. The maximum atomic E-state index is 9.17. The van der Waals surface area contributed by atoms with Crippen molar-refractivity contribution in [3.63, 3.8) is 0 Å². The second-order valence-electron chi connectivity index (χ2n) is 2.45. The summed E-state index contributed by atoms with van der Waals surface area (Å²) in [5, 5.41) is 9.17. The maximum Gasteiger partial charge on any atom is 0.0724 e. The van der Waals surface area contributed by atoms with Crippen molar-refractivity contribution in [2.75, 3.05) is 5.88 Å². The van der Waals surface area contributed by atoms with Crippen LogP contribution < -0.4 is 0 Å². The van der Waals surface area contributed by atoms with Gasteiger partial charge < -0.3 is 5.11 Å². The molecule has 0 fully saturated rings. The van der Waals surface area contributed by atoms with Crippen LogP contribution in [0.4, 0.5) is 0 Å². The third-order valence-corrected chi connectivity index (χ3v) is 2.55. The van der Waals surface area contributed by atoms with Crippen LogP contribution in [0.1, 0.15) is 10.6 Å². The van der Waals surface area contributed by atoms with Gasteiger partial charge >= 0.3 is 0 Å². The first-order valence-electron chi connectivity index (χ1n) is 3.38. The molecule has 0 aliphatic carbocycles. The summed E-state index contributed by atoms with van der Waals surface area (Å²) >= 11 is 6.87. The van der Waals surface area contributed by atoms with Crippen molar-refractivity contribution in [2.24, 2.45) is 0 Å². The fourth-order valence-corrected chi connectivity index (χ4v) is 1.71. The van der Waals surface area contributed by atoms with Crippen LogP contribution in [0, 0.1) is 6.92 Å². The monoisotopic (exact) mass is 191 g/mol. The Morgan fingerprint density at radius 1 is 1.82 bits per heavy atom. The van der Waals surface area contributed by atoms with Crippen LogP contribution in [0.15, 0.2) is 6.07 Å². The molecule has 4 heteroatoms. The molecule has 1 atom stereocenters. The molecule has 0 aromatic carbocycles. The Balaban J connectivity index is 2.50. The number of aliphatic hydroxyl groups is 1. The minimum Gasteiger partial charge on any atom is -0.392 e. The standard InChI is InChI=1S/C7H10ClNOS/c1-5-2-7(11-9-5)3-6(10)4-8/h2,6,10H,3-4H2,1H3. The highest BCUT2D eigenvalue weighted by molar-refractivity contribution is 7.05. The molecule has 1 aromatic rings. The second kappa shape index (κ2) is 4.04. The summed E-state index contributed by atoms with van der Waals surface area (Å²) in [6, 6.07) is 1.97. The number of hydrogen-bond acceptors (Lipinski definition) is 3. The van der Waals surface area contributed by atoms with Crippen LogP contribution in [0.2, 0.25) is 0 Å². The molecule has 0 aliphatic heterocycles. The summed E-state index contributed by atoms with van der Waals surface area (Å²) in [6.07, 6.45) is 0.186. The van der Waals surface area contributed by atoms with Gasteiger partial charge in [-0.05, 0) is 24.5 Å². The van der Waals surface area contributed by atoms with Crippen LogP contribution in [0.3, 0.4) is 0 Å². The van der Waals surface area contributed by atoms with E-state index in [-0.39, 0.29) is 5.88 Å². The molecule has 0 saturated carbocycles. The zero-order valence-corrected chi connectivity index (χ0v) is 7.82. The molecule has 1 unspecified atom stereocenters. The molecule has 0 radical (unpaired) electrons. The number of aryl methyl sites for hydroxylation is 1. The first kappa shape index (κ1) is 8.97. The molecular formula is C7H10ClNOS. The SMILES string of the molecule is Cc1cc(CC(O)CCl)sn1. The zero-order chi connectivity index (χ0) is 8.27. The topological polar surface area (TPSA) is 33.1 Å². The van der Waals surface area contributed by atoms with Gasteiger partial charge in [0.05, 0.1) is 11.8 Å². The van der Waals surface area contributed by atoms with Crippen molar-refractivity contribution >= 4 is 23.1 Å². The van der Waals surface area contributed by atoms with Crippen molar-refractivity contribution in [3.8, 4) is 0 Å². The molecule has 62 valence electrons. The van der Waals surface area contributed by atoms with E-state index in [1.54, 1.807) is 0 Å². The van der Waals surface area contributed by atoms with Crippen LogP contribution in [0.25, 0.3) is 0 Å². The number of rotatable bonds is 3. The highest BCUT2D eigenvalue weighted by Gasteiger charge is 2.05. The molecule has 0 aliphatic rings. The molecule has 0 spiro atoms. The van der Waals surface area contributed by atoms with Crippen LogP contribution in [-0.2, 0) is 6.42 Å². The Labute approximate surface area is 75.0 Å². The maximum absolute atomic E-state index is 9.17. The van der Waals surface area contributed by atoms with Crippen LogP contribution >= 0.6 is 23.1 Å². The number of aromatic nitrogens is 1. The quantitative estimate of drug-likeness (QED) is 0.737. The first-order chi connectivity index (χ1) is 5.22. The van der Waals surface area contributed by atoms with Gasteiger partial charge in [-0.2, -0.15) is 4.37 Å². The highest BCUT2D eigenvalue weighted by Crippen LogP contribution is 2.11. The lowest BCUT2D eigenvalue weighted by molar-refractivity contribution is 0.199. The Hall–Kier alpha value is -0.120. The van der Waals surface area contributed by atoms with Gasteiger partial charge in [0.25, 0.3) is 0 Å². The van der Waals surface area contributed by atoms with Gasteiger partial charge in [0, 0.05) is 17.2 Å². The molecule has 1 heterocycles. The average molecular weight is 192 g/mol. The first-order valence-corrected chi connectivity index (χ1v) is 4.69. The summed E-state index contributed by atoms with van der Waals surface area (Å²) in [6.45, 7) is 1.94. The number of nitrogens with zero attached hydrogens (tertiary/aromatic N) is 1. The van der Waals surface area contributed by atoms with E-state index in [4.69, 9.17) is 16.7 Å². The van der Waals surface area contributed by atoms with Gasteiger partial charge in [-0.25, -0.2) is 0 Å². The van der Waals surface area contributed by atoms with Gasteiger partial charge in [0.2, 0.25) is 0 Å². The summed E-state index contributed by atoms with van der Waals surface area (Å²) < 4.78 is 4.09. The lowest BCUT2D eigenvalue weighted by Gasteiger charge is -2.01. The van der Waals surface area contributed by atoms with E-state index in [1.165, 1.54) is 11.5 Å². The van der Waals surface area contributed by atoms with E-state index in [0.717, 1.165) is 10.6 Å². The Morgan fingerprint density at radius 3 is 3.00 bits per heavy atom. The van der Waals surface area contributed by atoms with Crippen molar-refractivity contribution in [1.29, 1.82) is 0 Å². The average Bonchev–Trinajstić information content (AvgIpc) is 2.35. The predicted octanol–water partition coefficient (Wildman–Crippen LogP) is 1.59. The third-order valence-electron chi connectivity index (χ3n) is 1.29. The Morgan fingerprint density at radius 2 is 2.55 bits per heavy atom. The zero-order valence-electron chi connectivity index (χ0n) is 6.25. The molecule has 11 heavy (non-hydrogen) atoms. The highest BCUT2D eigenvalue weighted by atomic mass is 35.5. The number of alkyl halides is 1. The summed E-state index contributed by atoms with van der Waals surface area (Å²) in [4.78, 5) is 1.09. The molecule has 0 amide bonds. The Kier molecular flexibility index (Phi) is 3.30. The molecule has 2 nitrogen and oxygen atoms in total. The van der Waals surface area contributed by atoms with E-state index in [1.807, 2.05) is 13.0 Å². The van der Waals surface area contributed by atoms with E-state index in [2.05, 4.69) is 4.37 Å². The number of halogens is 1. The number of aliphatic hydroxyl groups excluding tert-OH is 1. The third kappa shape index (κ3) is 2.77. The van der Waals surface area contributed by atoms with E-state index in [9.17, 15) is 0 Å². The van der Waals surface area contributed by atoms with Crippen LogP contribution in [0.5, 0.6) is 0 Å². The smallest absolute Gasteiger partial charge is 0.0724 e. The van der Waals surface area contributed by atoms with E-state index in [0.29, 0.717) is 6.42 Å². The van der Waals surface area contributed by atoms with Gasteiger partial charge in [0.1, 0.15) is 0 Å². The van der Waals surface area contributed by atoms with Crippen LogP contribution in [-0.4, -0.2) is 21.5 Å². The normalized spacial score (nSPS) is 13.4. The van der Waals surface area contributed by atoms with Crippen molar-refractivity contribution in [1.82, 2.24) is 4.37 Å². The molecule has 1 rings (SSSR count). The van der Waals surface area contributed by atoms with Gasteiger partial charge in [-0.1, -0.05) is 0 Å². The molecule has 1 aromatic heterocycles. The van der Waals surface area contributed by atoms with E-state index >= 15 is 0 Å². The van der Waals surface area contributed by atoms with E-state index < -0.39 is 6.10 Å². The molecular weight excluding hydrogens is 182 g/mol. The molecule has 1 N–H and O–H groups in total. The van der Waals surface area contributed by atoms with Gasteiger partial charge in [-0.3, -0.25) is 0 Å². The van der Waals surface area contributed by atoms with Gasteiger partial charge in [-0.15, -0.1) is 11.6 Å². The van der Waals surface area contributed by atoms with Crippen molar-refractivity contribution < 1.29 is 5.11 Å². The fraction of sp³-hybridized carbons (Fsp3) is 0.571. The summed E-state index contributed by atoms with van der Waals surface area (Å²) in [5.41, 5.74) is 1.01. The summed E-state index contributed by atoms with van der Waals surface area (Å²) in [7, 11) is 0. The predicted molar refractivity (Wildman–Crippen MR) is 47.3 cm³/mol. The second-order valence-corrected chi connectivity index (χ2v) is 3.64. The lowest BCUT2D eigenvalue weighted by Crippen LogP contribution is -2.10. The fourth-order valence-electron chi connectivity index (χ4n) is 0.799. The molecule has 0 bridgehead atoms.